The molecule has 3 heteroatoms. The molecule has 0 aliphatic heterocycles. The average Bonchev–Trinajstić information content (AvgIpc) is 2.16. The van der Waals surface area contributed by atoms with Gasteiger partial charge in [-0.25, -0.2) is 8.78 Å². The van der Waals surface area contributed by atoms with E-state index in [1.165, 1.54) is 0 Å². The summed E-state index contributed by atoms with van der Waals surface area (Å²) in [7, 11) is 0. The van der Waals surface area contributed by atoms with Gasteiger partial charge >= 0.3 is 0 Å². The molecule has 0 aromatic heterocycles. The number of rotatable bonds is 1. The maximum atomic E-state index is 12.3. The summed E-state index contributed by atoms with van der Waals surface area (Å²) in [6.07, 6.45) is 0.713. The third-order valence-corrected chi connectivity index (χ3v) is 2.95. The quantitative estimate of drug-likeness (QED) is 0.611. The lowest BCUT2D eigenvalue weighted by atomic mass is 9.98. The van der Waals surface area contributed by atoms with Crippen LogP contribution >= 0.6 is 0 Å². The summed E-state index contributed by atoms with van der Waals surface area (Å²) in [5.74, 6) is 0.00903. The second kappa shape index (κ2) is 4.17. The summed E-state index contributed by atoms with van der Waals surface area (Å²) in [5.41, 5.74) is 5.80. The van der Waals surface area contributed by atoms with Crippen LogP contribution in [0.2, 0.25) is 0 Å². The van der Waals surface area contributed by atoms with Gasteiger partial charge in [0.15, 0.2) is 0 Å². The molecule has 0 radical (unpaired) electrons. The van der Waals surface area contributed by atoms with Crippen molar-refractivity contribution in [1.29, 1.82) is 0 Å². The Labute approximate surface area is 72.3 Å². The Balaban J connectivity index is 2.44. The minimum atomic E-state index is -2.15. The monoisotopic (exact) mass is 177 g/mol. The average molecular weight is 177 g/mol. The van der Waals surface area contributed by atoms with E-state index >= 15 is 0 Å². The van der Waals surface area contributed by atoms with Crippen LogP contribution in [0, 0.1) is 11.8 Å². The maximum absolute atomic E-state index is 12.3. The zero-order chi connectivity index (χ0) is 9.14. The Bertz CT molecular complexity index is 126. The summed E-state index contributed by atoms with van der Waals surface area (Å²) in [4.78, 5) is 0. The van der Waals surface area contributed by atoms with Crippen LogP contribution in [0.4, 0.5) is 8.78 Å². The van der Waals surface area contributed by atoms with Gasteiger partial charge in [-0.1, -0.05) is 6.92 Å². The van der Waals surface area contributed by atoms with Gasteiger partial charge in [-0.05, 0) is 31.6 Å². The molecule has 1 aliphatic rings. The Kier molecular flexibility index (Phi) is 3.44. The van der Waals surface area contributed by atoms with Crippen molar-refractivity contribution in [1.82, 2.24) is 0 Å². The molecule has 0 spiro atoms. The van der Waals surface area contributed by atoms with Crippen LogP contribution in [0.5, 0.6) is 0 Å². The van der Waals surface area contributed by atoms with Gasteiger partial charge in [0, 0.05) is 12.0 Å². The molecule has 1 rings (SSSR count). The summed E-state index contributed by atoms with van der Waals surface area (Å²) in [5, 5.41) is 0. The van der Waals surface area contributed by atoms with Gasteiger partial charge in [0.1, 0.15) is 0 Å². The Morgan fingerprint density at radius 3 is 2.33 bits per heavy atom. The minimum Gasteiger partial charge on any atom is -0.327 e. The van der Waals surface area contributed by atoms with E-state index in [-0.39, 0.29) is 6.04 Å². The first-order chi connectivity index (χ1) is 5.61. The van der Waals surface area contributed by atoms with Crippen LogP contribution in [-0.4, -0.2) is 12.5 Å². The highest BCUT2D eigenvalue weighted by molar-refractivity contribution is 4.77. The van der Waals surface area contributed by atoms with Crippen molar-refractivity contribution in [2.45, 2.75) is 45.1 Å². The standard InChI is InChI=1S/C9H17F2N/c1-6-2-3-7(9(10)11)4-5-8(6)12/h6-9H,2-5,12H2,1H3. The number of nitrogens with two attached hydrogens (primary N) is 1. The van der Waals surface area contributed by atoms with Gasteiger partial charge in [0.05, 0.1) is 0 Å². The lowest BCUT2D eigenvalue weighted by molar-refractivity contribution is 0.0682. The smallest absolute Gasteiger partial charge is 0.241 e. The topological polar surface area (TPSA) is 26.0 Å². The van der Waals surface area contributed by atoms with Gasteiger partial charge < -0.3 is 5.73 Å². The highest BCUT2D eigenvalue weighted by atomic mass is 19.3. The van der Waals surface area contributed by atoms with Gasteiger partial charge in [0.2, 0.25) is 6.43 Å². The van der Waals surface area contributed by atoms with Crippen LogP contribution in [0.3, 0.4) is 0 Å². The molecule has 0 heterocycles. The molecule has 0 bridgehead atoms. The Morgan fingerprint density at radius 2 is 1.75 bits per heavy atom. The van der Waals surface area contributed by atoms with Gasteiger partial charge in [-0.2, -0.15) is 0 Å². The van der Waals surface area contributed by atoms with E-state index in [0.29, 0.717) is 18.8 Å². The summed E-state index contributed by atoms with van der Waals surface area (Å²) >= 11 is 0. The fourth-order valence-electron chi connectivity index (χ4n) is 1.78. The largest absolute Gasteiger partial charge is 0.327 e. The molecule has 72 valence electrons. The Hall–Kier alpha value is -0.180. The summed E-state index contributed by atoms with van der Waals surface area (Å²) < 4.78 is 24.6. The lowest BCUT2D eigenvalue weighted by Gasteiger charge is -2.14. The normalized spacial score (nSPS) is 38.2. The van der Waals surface area contributed by atoms with E-state index in [2.05, 4.69) is 6.92 Å². The van der Waals surface area contributed by atoms with Crippen molar-refractivity contribution in [3.8, 4) is 0 Å². The number of hydrogen-bond acceptors (Lipinski definition) is 1. The van der Waals surface area contributed by atoms with Gasteiger partial charge in [0.25, 0.3) is 0 Å². The van der Waals surface area contributed by atoms with Crippen LogP contribution in [0.1, 0.15) is 32.6 Å². The summed E-state index contributed by atoms with van der Waals surface area (Å²) in [6, 6.07) is 0.133. The van der Waals surface area contributed by atoms with Crippen LogP contribution < -0.4 is 5.73 Å². The number of halogens is 2. The van der Waals surface area contributed by atoms with Gasteiger partial charge in [-0.3, -0.25) is 0 Å². The highest BCUT2D eigenvalue weighted by Crippen LogP contribution is 2.29. The fourth-order valence-corrected chi connectivity index (χ4v) is 1.78. The van der Waals surface area contributed by atoms with Gasteiger partial charge in [-0.15, -0.1) is 0 Å². The van der Waals surface area contributed by atoms with Crippen LogP contribution in [-0.2, 0) is 0 Å². The second-order valence-corrected chi connectivity index (χ2v) is 3.89. The highest BCUT2D eigenvalue weighted by Gasteiger charge is 2.26. The van der Waals surface area contributed by atoms with Crippen molar-refractivity contribution in [3.05, 3.63) is 0 Å². The van der Waals surface area contributed by atoms with Crippen molar-refractivity contribution < 1.29 is 8.78 Å². The van der Waals surface area contributed by atoms with E-state index in [1.54, 1.807) is 0 Å². The Morgan fingerprint density at radius 1 is 1.17 bits per heavy atom. The molecule has 1 nitrogen and oxygen atoms in total. The molecule has 2 N–H and O–H groups in total. The lowest BCUT2D eigenvalue weighted by Crippen LogP contribution is -2.26. The van der Waals surface area contributed by atoms with E-state index in [4.69, 9.17) is 5.73 Å². The molecule has 0 amide bonds. The zero-order valence-electron chi connectivity index (χ0n) is 7.47. The molecule has 0 saturated heterocycles. The van der Waals surface area contributed by atoms with E-state index in [1.807, 2.05) is 0 Å². The molecule has 1 aliphatic carbocycles. The number of hydrogen-bond donors (Lipinski definition) is 1. The first kappa shape index (κ1) is 9.90. The van der Waals surface area contributed by atoms with E-state index in [9.17, 15) is 8.78 Å². The minimum absolute atomic E-state index is 0.133. The van der Waals surface area contributed by atoms with Crippen molar-refractivity contribution >= 4 is 0 Å². The van der Waals surface area contributed by atoms with Crippen LogP contribution in [0.25, 0.3) is 0 Å². The third kappa shape index (κ3) is 2.41. The van der Waals surface area contributed by atoms with Crippen molar-refractivity contribution in [3.63, 3.8) is 0 Å². The van der Waals surface area contributed by atoms with Crippen molar-refractivity contribution in [2.75, 3.05) is 0 Å². The predicted octanol–water partition coefficient (Wildman–Crippen LogP) is 2.41. The zero-order valence-corrected chi connectivity index (χ0v) is 7.47. The predicted molar refractivity (Wildman–Crippen MR) is 45.1 cm³/mol. The molecule has 3 atom stereocenters. The molecule has 1 saturated carbocycles. The van der Waals surface area contributed by atoms with Crippen molar-refractivity contribution in [2.24, 2.45) is 17.6 Å². The SMILES string of the molecule is CC1CCC(C(F)F)CCC1N. The molecular weight excluding hydrogens is 160 g/mol. The first-order valence-corrected chi connectivity index (χ1v) is 4.65. The molecule has 12 heavy (non-hydrogen) atoms. The first-order valence-electron chi connectivity index (χ1n) is 4.65. The van der Waals surface area contributed by atoms with E-state index in [0.717, 1.165) is 12.8 Å². The number of alkyl halides is 2. The summed E-state index contributed by atoms with van der Waals surface area (Å²) in [6.45, 7) is 2.05. The molecule has 1 fully saturated rings. The molecule has 0 aromatic carbocycles. The van der Waals surface area contributed by atoms with E-state index < -0.39 is 12.3 Å². The fraction of sp³-hybridized carbons (Fsp3) is 1.00. The van der Waals surface area contributed by atoms with Crippen LogP contribution in [0.15, 0.2) is 0 Å². The maximum Gasteiger partial charge on any atom is 0.241 e. The third-order valence-electron chi connectivity index (χ3n) is 2.95. The molecular formula is C9H17F2N. The molecule has 3 unspecified atom stereocenters. The second-order valence-electron chi connectivity index (χ2n) is 3.89. The molecule has 0 aromatic rings.